The summed E-state index contributed by atoms with van der Waals surface area (Å²) in [6, 6.07) is 9.94. The Balaban J connectivity index is 2.14. The summed E-state index contributed by atoms with van der Waals surface area (Å²) in [4.78, 5) is -0.0104. The highest BCUT2D eigenvalue weighted by molar-refractivity contribution is 7.93. The van der Waals surface area contributed by atoms with Crippen LogP contribution in [0.5, 0.6) is 5.75 Å². The van der Waals surface area contributed by atoms with Crippen molar-refractivity contribution in [3.05, 3.63) is 53.3 Å². The minimum atomic E-state index is -3.87. The largest absolute Gasteiger partial charge is 0.489 e. The van der Waals surface area contributed by atoms with Crippen molar-refractivity contribution < 1.29 is 17.5 Å². The third kappa shape index (κ3) is 2.45. The number of hydrogen-bond acceptors (Lipinski definition) is 3. The predicted octanol–water partition coefficient (Wildman–Crippen LogP) is 3.07. The number of sulfonamides is 1. The molecule has 2 aromatic carbocycles. The Morgan fingerprint density at radius 2 is 1.95 bits per heavy atom. The van der Waals surface area contributed by atoms with Crippen LogP contribution in [0.15, 0.2) is 47.4 Å². The minimum Gasteiger partial charge on any atom is -0.489 e. The van der Waals surface area contributed by atoms with Crippen LogP contribution in [-0.4, -0.2) is 21.6 Å². The fourth-order valence-electron chi connectivity index (χ4n) is 2.19. The molecule has 1 aliphatic heterocycles. The van der Waals surface area contributed by atoms with E-state index in [9.17, 15) is 12.8 Å². The number of ether oxygens (including phenoxy) is 1. The van der Waals surface area contributed by atoms with Crippen LogP contribution in [0, 0.1) is 5.82 Å². The van der Waals surface area contributed by atoms with E-state index in [-0.39, 0.29) is 28.8 Å². The fourth-order valence-corrected chi connectivity index (χ4v) is 4.14. The summed E-state index contributed by atoms with van der Waals surface area (Å²) in [6.07, 6.45) is 0. The Morgan fingerprint density at radius 1 is 1.19 bits per heavy atom. The maximum Gasteiger partial charge on any atom is 0.266 e. The van der Waals surface area contributed by atoms with Crippen LogP contribution in [0.1, 0.15) is 0 Å². The molecule has 0 unspecified atom stereocenters. The van der Waals surface area contributed by atoms with E-state index in [1.807, 2.05) is 0 Å². The molecule has 0 fully saturated rings. The summed E-state index contributed by atoms with van der Waals surface area (Å²) in [5.41, 5.74) is 0.182. The molecule has 7 heteroatoms. The third-order valence-electron chi connectivity index (χ3n) is 3.15. The molecule has 1 heterocycles. The van der Waals surface area contributed by atoms with Gasteiger partial charge in [-0.15, -0.1) is 0 Å². The van der Waals surface area contributed by atoms with Crippen molar-refractivity contribution in [3.8, 4) is 5.75 Å². The second-order valence-corrected chi connectivity index (χ2v) is 6.71. The minimum absolute atomic E-state index is 0.0104. The SMILES string of the molecule is O=S(=O)(c1ccccc1Cl)N1CCOc2ccc(F)cc21. The molecule has 0 aromatic heterocycles. The molecule has 2 aromatic rings. The first kappa shape index (κ1) is 14.2. The Labute approximate surface area is 126 Å². The Bertz CT molecular complexity index is 795. The molecule has 110 valence electrons. The zero-order valence-corrected chi connectivity index (χ0v) is 12.4. The van der Waals surface area contributed by atoms with Gasteiger partial charge in [-0.2, -0.15) is 0 Å². The van der Waals surface area contributed by atoms with Gasteiger partial charge in [0.1, 0.15) is 23.1 Å². The van der Waals surface area contributed by atoms with Crippen molar-refractivity contribution in [2.45, 2.75) is 4.90 Å². The van der Waals surface area contributed by atoms with Gasteiger partial charge in [0.15, 0.2) is 0 Å². The van der Waals surface area contributed by atoms with E-state index in [2.05, 4.69) is 0 Å². The van der Waals surface area contributed by atoms with Crippen LogP contribution in [-0.2, 0) is 10.0 Å². The number of benzene rings is 2. The first-order valence-electron chi connectivity index (χ1n) is 6.20. The number of nitrogens with zero attached hydrogens (tertiary/aromatic N) is 1. The molecule has 3 rings (SSSR count). The molecule has 0 bridgehead atoms. The molecule has 0 saturated heterocycles. The Hall–Kier alpha value is -1.79. The average Bonchev–Trinajstić information content (AvgIpc) is 2.46. The van der Waals surface area contributed by atoms with Gasteiger partial charge in [0, 0.05) is 6.07 Å². The van der Waals surface area contributed by atoms with Crippen molar-refractivity contribution >= 4 is 27.3 Å². The molecule has 0 spiro atoms. The van der Waals surface area contributed by atoms with Gasteiger partial charge in [-0.05, 0) is 24.3 Å². The topological polar surface area (TPSA) is 46.6 Å². The van der Waals surface area contributed by atoms with Crippen LogP contribution in [0.4, 0.5) is 10.1 Å². The summed E-state index contributed by atoms with van der Waals surface area (Å²) >= 11 is 5.98. The van der Waals surface area contributed by atoms with Gasteiger partial charge in [-0.3, -0.25) is 4.31 Å². The Kier molecular flexibility index (Phi) is 3.51. The van der Waals surface area contributed by atoms with E-state index >= 15 is 0 Å². The predicted molar refractivity (Wildman–Crippen MR) is 77.9 cm³/mol. The molecular weight excluding hydrogens is 317 g/mol. The molecule has 0 N–H and O–H groups in total. The van der Waals surface area contributed by atoms with Gasteiger partial charge in [0.25, 0.3) is 10.0 Å². The van der Waals surface area contributed by atoms with Crippen molar-refractivity contribution in [1.29, 1.82) is 0 Å². The van der Waals surface area contributed by atoms with Crippen molar-refractivity contribution in [2.75, 3.05) is 17.5 Å². The standard InChI is InChI=1S/C14H11ClFNO3S/c15-11-3-1-2-4-14(11)21(18,19)17-7-8-20-13-6-5-10(16)9-12(13)17/h1-6,9H,7-8H2. The van der Waals surface area contributed by atoms with Gasteiger partial charge in [0.05, 0.1) is 17.3 Å². The monoisotopic (exact) mass is 327 g/mol. The van der Waals surface area contributed by atoms with Crippen molar-refractivity contribution in [3.63, 3.8) is 0 Å². The van der Waals surface area contributed by atoms with Crippen molar-refractivity contribution in [2.24, 2.45) is 0 Å². The Morgan fingerprint density at radius 3 is 2.71 bits per heavy atom. The number of fused-ring (bicyclic) bond motifs is 1. The fraction of sp³-hybridized carbons (Fsp3) is 0.143. The number of rotatable bonds is 2. The lowest BCUT2D eigenvalue weighted by Crippen LogP contribution is -2.38. The smallest absolute Gasteiger partial charge is 0.266 e. The van der Waals surface area contributed by atoms with E-state index < -0.39 is 15.8 Å². The normalized spacial score (nSPS) is 14.5. The summed E-state index contributed by atoms with van der Waals surface area (Å²) < 4.78 is 45.4. The highest BCUT2D eigenvalue weighted by atomic mass is 35.5. The lowest BCUT2D eigenvalue weighted by Gasteiger charge is -2.30. The van der Waals surface area contributed by atoms with Crippen LogP contribution < -0.4 is 9.04 Å². The van der Waals surface area contributed by atoms with Crippen molar-refractivity contribution in [1.82, 2.24) is 0 Å². The molecular formula is C14H11ClFNO3S. The lowest BCUT2D eigenvalue weighted by atomic mass is 10.2. The van der Waals surface area contributed by atoms with Crippen LogP contribution in [0.3, 0.4) is 0 Å². The molecule has 0 amide bonds. The summed E-state index contributed by atoms with van der Waals surface area (Å²) in [7, 11) is -3.87. The van der Waals surface area contributed by atoms with Crippen LogP contribution in [0.25, 0.3) is 0 Å². The first-order valence-corrected chi connectivity index (χ1v) is 8.01. The number of anilines is 1. The second kappa shape index (κ2) is 5.20. The van der Waals surface area contributed by atoms with E-state index in [1.165, 1.54) is 24.3 Å². The molecule has 0 radical (unpaired) electrons. The molecule has 1 aliphatic rings. The maximum absolute atomic E-state index is 13.4. The summed E-state index contributed by atoms with van der Waals surface area (Å²) in [5, 5.41) is 0.127. The lowest BCUT2D eigenvalue weighted by molar-refractivity contribution is 0.315. The zero-order chi connectivity index (χ0) is 15.0. The van der Waals surface area contributed by atoms with Gasteiger partial charge in [-0.25, -0.2) is 12.8 Å². The average molecular weight is 328 g/mol. The van der Waals surface area contributed by atoms with Gasteiger partial charge in [0.2, 0.25) is 0 Å². The third-order valence-corrected chi connectivity index (χ3v) is 5.46. The van der Waals surface area contributed by atoms with Crippen LogP contribution >= 0.6 is 11.6 Å². The second-order valence-electron chi connectivity index (χ2n) is 4.47. The first-order chi connectivity index (χ1) is 10.00. The number of halogens is 2. The van der Waals surface area contributed by atoms with E-state index in [0.717, 1.165) is 10.4 Å². The van der Waals surface area contributed by atoms with Gasteiger partial charge < -0.3 is 4.74 Å². The highest BCUT2D eigenvalue weighted by Gasteiger charge is 2.31. The summed E-state index contributed by atoms with van der Waals surface area (Å²) in [5.74, 6) is -0.197. The van der Waals surface area contributed by atoms with Gasteiger partial charge >= 0.3 is 0 Å². The van der Waals surface area contributed by atoms with E-state index in [1.54, 1.807) is 12.1 Å². The van der Waals surface area contributed by atoms with Gasteiger partial charge in [-0.1, -0.05) is 23.7 Å². The zero-order valence-electron chi connectivity index (χ0n) is 10.8. The van der Waals surface area contributed by atoms with Crippen LogP contribution in [0.2, 0.25) is 5.02 Å². The molecule has 0 aliphatic carbocycles. The molecule has 0 saturated carbocycles. The molecule has 0 atom stereocenters. The van der Waals surface area contributed by atoms with E-state index in [4.69, 9.17) is 16.3 Å². The molecule has 21 heavy (non-hydrogen) atoms. The molecule has 4 nitrogen and oxygen atoms in total. The summed E-state index contributed by atoms with van der Waals surface area (Å²) in [6.45, 7) is 0.298. The maximum atomic E-state index is 13.4. The number of hydrogen-bond donors (Lipinski definition) is 0. The highest BCUT2D eigenvalue weighted by Crippen LogP contribution is 2.36. The van der Waals surface area contributed by atoms with E-state index in [0.29, 0.717) is 5.75 Å². The quantitative estimate of drug-likeness (QED) is 0.851.